The zero-order chi connectivity index (χ0) is 14.5. The molecule has 120 valence electrons. The lowest BCUT2D eigenvalue weighted by Crippen LogP contribution is -2.33. The average Bonchev–Trinajstić information content (AvgIpc) is 2.54. The van der Waals surface area contributed by atoms with Crippen molar-refractivity contribution in [2.24, 2.45) is 5.92 Å². The Kier molecular flexibility index (Phi) is 6.21. The lowest BCUT2D eigenvalue weighted by molar-refractivity contribution is 0.199. The lowest BCUT2D eigenvalue weighted by Gasteiger charge is -2.22. The quantitative estimate of drug-likeness (QED) is 0.917. The molecular weight excluding hydrogens is 302 g/mol. The third-order valence-electron chi connectivity index (χ3n) is 3.64. The Bertz CT molecular complexity index is 603. The second kappa shape index (κ2) is 8.15. The van der Waals surface area contributed by atoms with Crippen molar-refractivity contribution in [3.63, 3.8) is 0 Å². The van der Waals surface area contributed by atoms with Crippen molar-refractivity contribution in [1.82, 2.24) is 15.3 Å². The minimum Gasteiger partial charge on any atom is -0.474 e. The summed E-state index contributed by atoms with van der Waals surface area (Å²) in [5.41, 5.74) is 1.66. The normalized spacial score (nSPS) is 17.8. The SMILES string of the molecule is CCOc1nc2ccccc2nc1OCC1CCCNC1.Cl. The molecule has 3 rings (SSSR count). The van der Waals surface area contributed by atoms with Gasteiger partial charge in [-0.3, -0.25) is 0 Å². The summed E-state index contributed by atoms with van der Waals surface area (Å²) < 4.78 is 11.5. The zero-order valence-corrected chi connectivity index (χ0v) is 13.6. The van der Waals surface area contributed by atoms with Crippen LogP contribution in [-0.2, 0) is 0 Å². The van der Waals surface area contributed by atoms with Crippen LogP contribution in [0.5, 0.6) is 11.8 Å². The van der Waals surface area contributed by atoms with E-state index in [1.54, 1.807) is 0 Å². The Morgan fingerprint density at radius 3 is 2.41 bits per heavy atom. The molecule has 0 saturated carbocycles. The van der Waals surface area contributed by atoms with Gasteiger partial charge in [-0.05, 0) is 38.4 Å². The Morgan fingerprint density at radius 1 is 1.14 bits per heavy atom. The van der Waals surface area contributed by atoms with E-state index in [0.717, 1.165) is 24.1 Å². The molecule has 0 aliphatic carbocycles. The summed E-state index contributed by atoms with van der Waals surface area (Å²) in [6, 6.07) is 7.76. The number of aromatic nitrogens is 2. The molecule has 0 radical (unpaired) electrons. The molecule has 1 N–H and O–H groups in total. The van der Waals surface area contributed by atoms with Crippen LogP contribution in [0.15, 0.2) is 24.3 Å². The molecule has 1 unspecified atom stereocenters. The van der Waals surface area contributed by atoms with Crippen molar-refractivity contribution in [1.29, 1.82) is 0 Å². The number of nitrogens with one attached hydrogen (secondary N) is 1. The van der Waals surface area contributed by atoms with Crippen LogP contribution in [-0.4, -0.2) is 36.3 Å². The summed E-state index contributed by atoms with van der Waals surface area (Å²) in [6.45, 7) is 5.25. The van der Waals surface area contributed by atoms with Crippen molar-refractivity contribution in [2.75, 3.05) is 26.3 Å². The van der Waals surface area contributed by atoms with E-state index < -0.39 is 0 Å². The van der Waals surface area contributed by atoms with Gasteiger partial charge in [-0.2, -0.15) is 0 Å². The first-order valence-corrected chi connectivity index (χ1v) is 7.60. The molecule has 2 heterocycles. The molecule has 22 heavy (non-hydrogen) atoms. The van der Waals surface area contributed by atoms with Crippen LogP contribution in [0.2, 0.25) is 0 Å². The number of nitrogens with zero attached hydrogens (tertiary/aromatic N) is 2. The highest BCUT2D eigenvalue weighted by Crippen LogP contribution is 2.26. The fraction of sp³-hybridized carbons (Fsp3) is 0.500. The van der Waals surface area contributed by atoms with E-state index in [-0.39, 0.29) is 12.4 Å². The number of hydrogen-bond donors (Lipinski definition) is 1. The Morgan fingerprint density at radius 2 is 1.82 bits per heavy atom. The van der Waals surface area contributed by atoms with Gasteiger partial charge in [-0.1, -0.05) is 12.1 Å². The first-order valence-electron chi connectivity index (χ1n) is 7.60. The van der Waals surface area contributed by atoms with Gasteiger partial charge >= 0.3 is 0 Å². The van der Waals surface area contributed by atoms with E-state index >= 15 is 0 Å². The van der Waals surface area contributed by atoms with Crippen LogP contribution in [0.1, 0.15) is 19.8 Å². The van der Waals surface area contributed by atoms with Crippen molar-refractivity contribution in [3.05, 3.63) is 24.3 Å². The van der Waals surface area contributed by atoms with Crippen LogP contribution in [0, 0.1) is 5.92 Å². The lowest BCUT2D eigenvalue weighted by atomic mass is 10.0. The van der Waals surface area contributed by atoms with Crippen LogP contribution >= 0.6 is 12.4 Å². The molecule has 1 aromatic heterocycles. The highest BCUT2D eigenvalue weighted by atomic mass is 35.5. The van der Waals surface area contributed by atoms with Crippen molar-refractivity contribution in [3.8, 4) is 11.8 Å². The maximum absolute atomic E-state index is 5.90. The number of ether oxygens (including phenoxy) is 2. The maximum atomic E-state index is 5.90. The number of piperidine rings is 1. The number of para-hydroxylation sites is 2. The van der Waals surface area contributed by atoms with Crippen LogP contribution in [0.25, 0.3) is 11.0 Å². The Balaban J connectivity index is 0.00000176. The highest BCUT2D eigenvalue weighted by Gasteiger charge is 2.17. The predicted octanol–water partition coefficient (Wildman–Crippen LogP) is 2.83. The molecule has 0 spiro atoms. The predicted molar refractivity (Wildman–Crippen MR) is 89.0 cm³/mol. The molecule has 1 aliphatic heterocycles. The minimum absolute atomic E-state index is 0. The van der Waals surface area contributed by atoms with Gasteiger partial charge in [0.2, 0.25) is 0 Å². The molecule has 5 nitrogen and oxygen atoms in total. The fourth-order valence-corrected chi connectivity index (χ4v) is 2.56. The number of fused-ring (bicyclic) bond motifs is 1. The van der Waals surface area contributed by atoms with Gasteiger partial charge in [0.1, 0.15) is 0 Å². The van der Waals surface area contributed by atoms with Gasteiger partial charge in [-0.15, -0.1) is 12.4 Å². The molecular formula is C16H22ClN3O2. The summed E-state index contributed by atoms with van der Waals surface area (Å²) in [6.07, 6.45) is 2.40. The standard InChI is InChI=1S/C16H21N3O2.ClH/c1-2-20-15-16(21-11-12-6-5-9-17-10-12)19-14-8-4-3-7-13(14)18-15;/h3-4,7-8,12,17H,2,5-6,9-11H2,1H3;1H. The summed E-state index contributed by atoms with van der Waals surface area (Å²) in [4.78, 5) is 9.05. The molecule has 1 aromatic carbocycles. The largest absolute Gasteiger partial charge is 0.474 e. The maximum Gasteiger partial charge on any atom is 0.278 e. The molecule has 0 amide bonds. The molecule has 1 saturated heterocycles. The number of benzene rings is 1. The van der Waals surface area contributed by atoms with Gasteiger partial charge < -0.3 is 14.8 Å². The van der Waals surface area contributed by atoms with Crippen LogP contribution in [0.3, 0.4) is 0 Å². The number of rotatable bonds is 5. The van der Waals surface area contributed by atoms with Gasteiger partial charge in [0.15, 0.2) is 0 Å². The van der Waals surface area contributed by atoms with Crippen LogP contribution < -0.4 is 14.8 Å². The van der Waals surface area contributed by atoms with E-state index in [0.29, 0.717) is 30.9 Å². The van der Waals surface area contributed by atoms with E-state index in [1.807, 2.05) is 31.2 Å². The van der Waals surface area contributed by atoms with Gasteiger partial charge in [0.05, 0.1) is 24.2 Å². The van der Waals surface area contributed by atoms with E-state index in [2.05, 4.69) is 15.3 Å². The van der Waals surface area contributed by atoms with Gasteiger partial charge in [-0.25, -0.2) is 9.97 Å². The van der Waals surface area contributed by atoms with Crippen LogP contribution in [0.4, 0.5) is 0 Å². The monoisotopic (exact) mass is 323 g/mol. The Hall–Kier alpha value is -1.59. The molecule has 1 atom stereocenters. The van der Waals surface area contributed by atoms with E-state index in [4.69, 9.17) is 9.47 Å². The van der Waals surface area contributed by atoms with Crippen molar-refractivity contribution < 1.29 is 9.47 Å². The first kappa shape index (κ1) is 16.8. The fourth-order valence-electron chi connectivity index (χ4n) is 2.56. The highest BCUT2D eigenvalue weighted by molar-refractivity contribution is 5.85. The molecule has 0 bridgehead atoms. The topological polar surface area (TPSA) is 56.3 Å². The smallest absolute Gasteiger partial charge is 0.278 e. The minimum atomic E-state index is 0. The second-order valence-corrected chi connectivity index (χ2v) is 5.28. The summed E-state index contributed by atoms with van der Waals surface area (Å²) in [5.74, 6) is 1.52. The first-order chi connectivity index (χ1) is 10.4. The number of hydrogen-bond acceptors (Lipinski definition) is 5. The van der Waals surface area contributed by atoms with E-state index in [1.165, 1.54) is 12.8 Å². The van der Waals surface area contributed by atoms with Gasteiger partial charge in [0.25, 0.3) is 11.8 Å². The second-order valence-electron chi connectivity index (χ2n) is 5.28. The average molecular weight is 324 g/mol. The summed E-state index contributed by atoms with van der Waals surface area (Å²) >= 11 is 0. The zero-order valence-electron chi connectivity index (χ0n) is 12.7. The van der Waals surface area contributed by atoms with Crippen molar-refractivity contribution in [2.45, 2.75) is 19.8 Å². The van der Waals surface area contributed by atoms with Crippen molar-refractivity contribution >= 4 is 23.4 Å². The Labute approximate surface area is 136 Å². The van der Waals surface area contributed by atoms with Gasteiger partial charge in [0, 0.05) is 12.5 Å². The molecule has 1 aliphatic rings. The summed E-state index contributed by atoms with van der Waals surface area (Å²) in [5, 5.41) is 3.39. The molecule has 2 aromatic rings. The summed E-state index contributed by atoms with van der Waals surface area (Å²) in [7, 11) is 0. The third kappa shape index (κ3) is 3.99. The third-order valence-corrected chi connectivity index (χ3v) is 3.64. The molecule has 6 heteroatoms. The van der Waals surface area contributed by atoms with E-state index in [9.17, 15) is 0 Å². The number of halogens is 1. The molecule has 1 fully saturated rings.